The van der Waals surface area contributed by atoms with Crippen LogP contribution in [0, 0.1) is 5.82 Å². The van der Waals surface area contributed by atoms with Crippen LogP contribution in [0.1, 0.15) is 42.9 Å². The van der Waals surface area contributed by atoms with Crippen molar-refractivity contribution in [1.29, 1.82) is 0 Å². The van der Waals surface area contributed by atoms with Crippen LogP contribution in [0.3, 0.4) is 0 Å². The van der Waals surface area contributed by atoms with Crippen LogP contribution in [0.25, 0.3) is 0 Å². The van der Waals surface area contributed by atoms with Crippen LogP contribution in [0.5, 0.6) is 0 Å². The van der Waals surface area contributed by atoms with Gasteiger partial charge in [-0.1, -0.05) is 0 Å². The molecular weight excluding hydrogens is 724 g/mol. The van der Waals surface area contributed by atoms with Crippen LogP contribution in [-0.2, 0) is 4.43 Å². The van der Waals surface area contributed by atoms with Gasteiger partial charge in [0.1, 0.15) is 0 Å². The molecule has 11 heteroatoms. The number of nitrogens with zero attached hydrogens (tertiary/aromatic N) is 2. The van der Waals surface area contributed by atoms with Gasteiger partial charge >= 0.3 is 298 Å². The van der Waals surface area contributed by atoms with Crippen LogP contribution in [-0.4, -0.2) is 55.2 Å². The van der Waals surface area contributed by atoms with E-state index in [2.05, 4.69) is 55.3 Å². The zero-order valence-corrected chi connectivity index (χ0v) is 30.9. The van der Waals surface area contributed by atoms with E-state index >= 15 is 8.78 Å². The molecule has 0 aliphatic carbocycles. The number of hydrogen-bond acceptors (Lipinski definition) is 5. The van der Waals surface area contributed by atoms with E-state index in [-0.39, 0.29) is 28.9 Å². The third-order valence-electron chi connectivity index (χ3n) is 8.56. The first-order valence-electron chi connectivity index (χ1n) is 16.0. The predicted octanol–water partition coefficient (Wildman–Crippen LogP) is 5.91. The summed E-state index contributed by atoms with van der Waals surface area (Å²) in [6.07, 6.45) is 1.07. The van der Waals surface area contributed by atoms with Crippen LogP contribution >= 0.6 is 11.8 Å². The van der Waals surface area contributed by atoms with E-state index in [1.54, 1.807) is 30.3 Å². The van der Waals surface area contributed by atoms with E-state index in [1.807, 2.05) is 66.7 Å². The number of carbonyl (C=O) groups excluding carboxylic acids is 1. The first-order chi connectivity index (χ1) is 23.5. The number of carbonyl (C=O) groups is 1. The van der Waals surface area contributed by atoms with Gasteiger partial charge in [-0.2, -0.15) is 0 Å². The molecule has 49 heavy (non-hydrogen) atoms. The molecule has 1 aliphatic heterocycles. The van der Waals surface area contributed by atoms with E-state index in [4.69, 9.17) is 4.43 Å². The summed E-state index contributed by atoms with van der Waals surface area (Å²) in [7, 11) is -2.92. The van der Waals surface area contributed by atoms with Crippen molar-refractivity contribution < 1.29 is 18.0 Å². The Morgan fingerprint density at radius 3 is 2.02 bits per heavy atom. The Kier molecular flexibility index (Phi) is 10.4. The minimum absolute atomic E-state index is 0.107. The molecule has 0 saturated carbocycles. The number of amides is 1. The molecule has 0 radical (unpaired) electrons. The molecule has 1 saturated heterocycles. The molecule has 3 atom stereocenters. The predicted molar refractivity (Wildman–Crippen MR) is 197 cm³/mol. The maximum atomic E-state index is 17.5. The second kappa shape index (κ2) is 14.5. The summed E-state index contributed by atoms with van der Waals surface area (Å²) in [4.78, 5) is 30.1. The molecule has 6 rings (SSSR count). The number of hydrogen-bond donors (Lipinski definition) is 1. The summed E-state index contributed by atoms with van der Waals surface area (Å²) in [5.74, 6) is -2.03. The molecule has 1 N–H and O–H groups in total. The maximum absolute atomic E-state index is 17.5. The number of alkyl halides is 1. The molecule has 0 bridgehead atoms. The quantitative estimate of drug-likeness (QED) is 0.180. The fourth-order valence-corrected chi connectivity index (χ4v) is 15.8. The molecule has 0 unspecified atom stereocenters. The fraction of sp³-hybridized carbons (Fsp3) is 0.237. The standard InChI is InChI=1S/C38H37F2N3O3SSeSi/c1-37(2,3)49(30-20-12-6-13-21-30,31-22-14-7-15-23-31)46-26-28-24-38(40,48-29-18-10-5-11-19-29)35(47-28)43-25-32(39)33(42-36(43)45)41-34(44)27-16-8-4-9-17-27/h4-23,25,28,35H,24,26H2,1-3H3,(H,41,42,44,45)/t28-,35+,38+/m1/s1. The van der Waals surface area contributed by atoms with Gasteiger partial charge in [0, 0.05) is 0 Å². The average molecular weight is 761 g/mol. The van der Waals surface area contributed by atoms with Gasteiger partial charge in [0.15, 0.2) is 0 Å². The molecule has 6 nitrogen and oxygen atoms in total. The number of benzene rings is 4. The summed E-state index contributed by atoms with van der Waals surface area (Å²) in [5, 5.41) is 2.94. The van der Waals surface area contributed by atoms with Crippen molar-refractivity contribution in [3.63, 3.8) is 0 Å². The molecule has 5 aromatic rings. The van der Waals surface area contributed by atoms with Crippen LogP contribution in [0.4, 0.5) is 14.6 Å². The molecule has 1 aromatic heterocycles. The number of aromatic nitrogens is 2. The Morgan fingerprint density at radius 1 is 0.939 bits per heavy atom. The molecule has 2 heterocycles. The van der Waals surface area contributed by atoms with Gasteiger partial charge in [0.2, 0.25) is 0 Å². The number of halogens is 2. The summed E-state index contributed by atoms with van der Waals surface area (Å²) in [6.45, 7) is 6.80. The van der Waals surface area contributed by atoms with Gasteiger partial charge in [-0.15, -0.1) is 0 Å². The van der Waals surface area contributed by atoms with Crippen molar-refractivity contribution in [2.24, 2.45) is 0 Å². The summed E-state index contributed by atoms with van der Waals surface area (Å²) >= 11 is 0.550. The van der Waals surface area contributed by atoms with Crippen molar-refractivity contribution in [3.8, 4) is 0 Å². The van der Waals surface area contributed by atoms with Crippen LogP contribution in [0.2, 0.25) is 5.04 Å². The third-order valence-corrected chi connectivity index (χ3v) is 18.0. The van der Waals surface area contributed by atoms with Gasteiger partial charge in [0.05, 0.1) is 0 Å². The minimum atomic E-state index is -2.92. The number of thioether (sulfide) groups is 1. The summed E-state index contributed by atoms with van der Waals surface area (Å²) in [5.41, 5.74) is -0.557. The Balaban J connectivity index is 1.34. The third kappa shape index (κ3) is 7.37. The molecular formula is C38H37F2N3O3SSeSi. The Hall–Kier alpha value is -3.86. The molecule has 1 aliphatic rings. The Labute approximate surface area is 296 Å². The molecule has 4 aromatic carbocycles. The van der Waals surface area contributed by atoms with Crippen molar-refractivity contribution in [3.05, 3.63) is 149 Å². The molecule has 0 spiro atoms. The van der Waals surface area contributed by atoms with Gasteiger partial charge in [-0.05, 0) is 0 Å². The second-order valence-electron chi connectivity index (χ2n) is 12.9. The van der Waals surface area contributed by atoms with E-state index in [0.29, 0.717) is 0 Å². The average Bonchev–Trinajstić information content (AvgIpc) is 3.42. The van der Waals surface area contributed by atoms with Gasteiger partial charge in [0.25, 0.3) is 0 Å². The molecule has 1 amide bonds. The fourth-order valence-electron chi connectivity index (χ4n) is 6.34. The van der Waals surface area contributed by atoms with E-state index < -0.39 is 56.4 Å². The van der Waals surface area contributed by atoms with Crippen LogP contribution in [0.15, 0.2) is 132 Å². The van der Waals surface area contributed by atoms with Gasteiger partial charge in [-0.3, -0.25) is 0 Å². The Morgan fingerprint density at radius 2 is 1.47 bits per heavy atom. The normalized spacial score (nSPS) is 19.4. The summed E-state index contributed by atoms with van der Waals surface area (Å²) in [6, 6.07) is 38.1. The van der Waals surface area contributed by atoms with E-state index in [1.165, 1.54) is 11.8 Å². The van der Waals surface area contributed by atoms with E-state index in [0.717, 1.165) is 25.6 Å². The zero-order chi connectivity index (χ0) is 34.6. The van der Waals surface area contributed by atoms with Crippen molar-refractivity contribution >= 4 is 61.6 Å². The first-order valence-corrected chi connectivity index (χ1v) is 20.6. The van der Waals surface area contributed by atoms with Crippen molar-refractivity contribution in [1.82, 2.24) is 9.55 Å². The van der Waals surface area contributed by atoms with Gasteiger partial charge < -0.3 is 0 Å². The second-order valence-corrected chi connectivity index (χ2v) is 21.5. The number of nitrogens with one attached hydrogen (secondary N) is 1. The molecule has 252 valence electrons. The summed E-state index contributed by atoms with van der Waals surface area (Å²) < 4.78 is 40.3. The topological polar surface area (TPSA) is 73.2 Å². The van der Waals surface area contributed by atoms with E-state index in [9.17, 15) is 9.59 Å². The van der Waals surface area contributed by atoms with Crippen molar-refractivity contribution in [2.45, 2.75) is 47.4 Å². The monoisotopic (exact) mass is 761 g/mol. The SMILES string of the molecule is CC(C)(C)[Si](OC[C@H]1C[C@](F)([Se]c2ccccc2)[C@@H](n2cc(F)c(NC(=O)c3ccccc3)nc2=O)S1)(c1ccccc1)c1ccccc1. The first kappa shape index (κ1) is 35.0. The number of anilines is 1. The van der Waals surface area contributed by atoms with Crippen LogP contribution < -0.4 is 25.8 Å². The Bertz CT molecular complexity index is 1910. The zero-order valence-electron chi connectivity index (χ0n) is 27.4. The van der Waals surface area contributed by atoms with Crippen molar-refractivity contribution in [2.75, 3.05) is 11.9 Å². The number of rotatable bonds is 10. The molecule has 1 fully saturated rings. The van der Waals surface area contributed by atoms with Gasteiger partial charge in [-0.25, -0.2) is 0 Å².